The lowest BCUT2D eigenvalue weighted by molar-refractivity contribution is -0.0263. The first-order valence-electron chi connectivity index (χ1n) is 8.58. The summed E-state index contributed by atoms with van der Waals surface area (Å²) < 4.78 is 0. The van der Waals surface area contributed by atoms with Crippen molar-refractivity contribution < 1.29 is 5.11 Å². The van der Waals surface area contributed by atoms with E-state index in [9.17, 15) is 5.11 Å². The first-order valence-corrected chi connectivity index (χ1v) is 8.58. The van der Waals surface area contributed by atoms with E-state index < -0.39 is 0 Å². The molecule has 4 aliphatic rings. The standard InChI is InChI=1S/C19H28O/c1-18-9-3-4-16(18)15-6-5-13-12-14(20)7-11-19(13,2)17(15)8-10-18/h3,5,9,14-17,20H,4,6-8,10-12H2,1-2H3/t14-,15-,16-,17-,18-,19-/m0/s1. The van der Waals surface area contributed by atoms with Gasteiger partial charge in [-0.25, -0.2) is 0 Å². The van der Waals surface area contributed by atoms with Crippen molar-refractivity contribution in [2.45, 2.75) is 64.9 Å². The SMILES string of the molecule is C[C@@]12C=CC[C@H]1[C@@H]1CC=C3C[C@@H](O)CC[C@]3(C)[C@H]1CC2. The fourth-order valence-electron chi connectivity index (χ4n) is 6.12. The molecule has 4 rings (SSSR count). The van der Waals surface area contributed by atoms with Crippen molar-refractivity contribution in [1.29, 1.82) is 0 Å². The molecule has 0 saturated heterocycles. The second kappa shape index (κ2) is 4.22. The molecule has 20 heavy (non-hydrogen) atoms. The molecule has 0 heterocycles. The largest absolute Gasteiger partial charge is 0.393 e. The van der Waals surface area contributed by atoms with Crippen molar-refractivity contribution in [2.75, 3.05) is 0 Å². The van der Waals surface area contributed by atoms with E-state index in [1.54, 1.807) is 5.57 Å². The minimum atomic E-state index is -0.0760. The third-order valence-corrected chi connectivity index (χ3v) is 7.40. The van der Waals surface area contributed by atoms with Crippen LogP contribution in [0.1, 0.15) is 58.8 Å². The predicted molar refractivity (Wildman–Crippen MR) is 82.2 cm³/mol. The van der Waals surface area contributed by atoms with Crippen molar-refractivity contribution in [3.63, 3.8) is 0 Å². The molecule has 0 aromatic heterocycles. The predicted octanol–water partition coefficient (Wildman–Crippen LogP) is 4.48. The van der Waals surface area contributed by atoms with Crippen LogP contribution in [0.5, 0.6) is 0 Å². The van der Waals surface area contributed by atoms with Gasteiger partial charge < -0.3 is 5.11 Å². The first-order chi connectivity index (χ1) is 9.53. The Balaban J connectivity index is 1.68. The normalized spacial score (nSPS) is 53.9. The highest BCUT2D eigenvalue weighted by atomic mass is 16.3. The smallest absolute Gasteiger partial charge is 0.0577 e. The molecule has 1 heteroatoms. The van der Waals surface area contributed by atoms with E-state index in [4.69, 9.17) is 0 Å². The average molecular weight is 272 g/mol. The lowest BCUT2D eigenvalue weighted by Crippen LogP contribution is -2.49. The lowest BCUT2D eigenvalue weighted by Gasteiger charge is -2.57. The summed E-state index contributed by atoms with van der Waals surface area (Å²) in [7, 11) is 0. The van der Waals surface area contributed by atoms with Gasteiger partial charge in [-0.1, -0.05) is 37.6 Å². The van der Waals surface area contributed by atoms with Gasteiger partial charge in [0.05, 0.1) is 6.10 Å². The van der Waals surface area contributed by atoms with Crippen molar-refractivity contribution in [3.8, 4) is 0 Å². The Kier molecular flexibility index (Phi) is 2.77. The molecule has 0 radical (unpaired) electrons. The highest BCUT2D eigenvalue weighted by Crippen LogP contribution is 2.63. The minimum absolute atomic E-state index is 0.0760. The van der Waals surface area contributed by atoms with Crippen LogP contribution in [0.4, 0.5) is 0 Å². The van der Waals surface area contributed by atoms with Crippen LogP contribution in [-0.4, -0.2) is 11.2 Å². The Hall–Kier alpha value is -0.560. The summed E-state index contributed by atoms with van der Waals surface area (Å²) in [4.78, 5) is 0. The maximum atomic E-state index is 10.00. The molecule has 0 amide bonds. The van der Waals surface area contributed by atoms with Crippen molar-refractivity contribution in [2.24, 2.45) is 28.6 Å². The fraction of sp³-hybridized carbons (Fsp3) is 0.789. The summed E-state index contributed by atoms with van der Waals surface area (Å²) in [5.41, 5.74) is 2.47. The number of hydrogen-bond acceptors (Lipinski definition) is 1. The van der Waals surface area contributed by atoms with Gasteiger partial charge in [-0.2, -0.15) is 0 Å². The van der Waals surface area contributed by atoms with E-state index >= 15 is 0 Å². The molecule has 0 aliphatic heterocycles. The monoisotopic (exact) mass is 272 g/mol. The summed E-state index contributed by atoms with van der Waals surface area (Å²) >= 11 is 0. The number of hydrogen-bond donors (Lipinski definition) is 1. The van der Waals surface area contributed by atoms with Crippen LogP contribution < -0.4 is 0 Å². The summed E-state index contributed by atoms with van der Waals surface area (Å²) in [6.45, 7) is 5.00. The molecule has 0 spiro atoms. The van der Waals surface area contributed by atoms with E-state index in [1.165, 1.54) is 32.1 Å². The van der Waals surface area contributed by atoms with E-state index in [0.29, 0.717) is 10.8 Å². The van der Waals surface area contributed by atoms with Gasteiger partial charge in [-0.05, 0) is 73.5 Å². The van der Waals surface area contributed by atoms with E-state index in [0.717, 1.165) is 30.6 Å². The van der Waals surface area contributed by atoms with Crippen molar-refractivity contribution in [3.05, 3.63) is 23.8 Å². The van der Waals surface area contributed by atoms with Crippen molar-refractivity contribution >= 4 is 0 Å². The molecular weight excluding hydrogens is 244 g/mol. The van der Waals surface area contributed by atoms with Gasteiger partial charge in [-0.15, -0.1) is 0 Å². The Morgan fingerprint density at radius 1 is 1.10 bits per heavy atom. The maximum absolute atomic E-state index is 10.00. The highest BCUT2D eigenvalue weighted by molar-refractivity contribution is 5.26. The number of allylic oxidation sites excluding steroid dienone is 3. The molecular formula is C19H28O. The molecule has 6 atom stereocenters. The van der Waals surface area contributed by atoms with Crippen LogP contribution in [0, 0.1) is 28.6 Å². The third kappa shape index (κ3) is 1.65. The molecule has 4 aliphatic carbocycles. The van der Waals surface area contributed by atoms with Gasteiger partial charge in [0.1, 0.15) is 0 Å². The van der Waals surface area contributed by atoms with Crippen LogP contribution >= 0.6 is 0 Å². The summed E-state index contributed by atoms with van der Waals surface area (Å²) in [5, 5.41) is 10.00. The minimum Gasteiger partial charge on any atom is -0.393 e. The topological polar surface area (TPSA) is 20.2 Å². The molecule has 0 bridgehead atoms. The van der Waals surface area contributed by atoms with E-state index in [2.05, 4.69) is 32.1 Å². The number of fused-ring (bicyclic) bond motifs is 5. The zero-order valence-corrected chi connectivity index (χ0v) is 12.9. The van der Waals surface area contributed by atoms with E-state index in [1.807, 2.05) is 0 Å². The van der Waals surface area contributed by atoms with Gasteiger partial charge in [0.2, 0.25) is 0 Å². The van der Waals surface area contributed by atoms with E-state index in [-0.39, 0.29) is 6.10 Å². The molecule has 0 aromatic carbocycles. The van der Waals surface area contributed by atoms with Crippen LogP contribution in [0.15, 0.2) is 23.8 Å². The molecule has 2 saturated carbocycles. The summed E-state index contributed by atoms with van der Waals surface area (Å²) in [6.07, 6.45) is 15.9. The lowest BCUT2D eigenvalue weighted by atomic mass is 9.48. The summed E-state index contributed by atoms with van der Waals surface area (Å²) in [5.74, 6) is 2.63. The number of rotatable bonds is 0. The zero-order chi connectivity index (χ0) is 14.0. The van der Waals surface area contributed by atoms with Gasteiger partial charge in [0.25, 0.3) is 0 Å². The molecule has 1 N–H and O–H groups in total. The van der Waals surface area contributed by atoms with Gasteiger partial charge in [0, 0.05) is 0 Å². The van der Waals surface area contributed by atoms with Crippen LogP contribution in [0.25, 0.3) is 0 Å². The van der Waals surface area contributed by atoms with Crippen LogP contribution in [-0.2, 0) is 0 Å². The third-order valence-electron chi connectivity index (χ3n) is 7.40. The quantitative estimate of drug-likeness (QED) is 0.645. The van der Waals surface area contributed by atoms with Gasteiger partial charge in [0.15, 0.2) is 0 Å². The van der Waals surface area contributed by atoms with Gasteiger partial charge in [-0.3, -0.25) is 0 Å². The number of aliphatic hydroxyl groups excluding tert-OH is 1. The number of aliphatic hydroxyl groups is 1. The Labute approximate surface area is 123 Å². The van der Waals surface area contributed by atoms with Crippen LogP contribution in [0.2, 0.25) is 0 Å². The fourth-order valence-corrected chi connectivity index (χ4v) is 6.12. The van der Waals surface area contributed by atoms with Crippen LogP contribution in [0.3, 0.4) is 0 Å². The Morgan fingerprint density at radius 2 is 1.95 bits per heavy atom. The molecule has 0 unspecified atom stereocenters. The molecule has 110 valence electrons. The highest BCUT2D eigenvalue weighted by Gasteiger charge is 2.54. The molecule has 0 aromatic rings. The first kappa shape index (κ1) is 13.1. The zero-order valence-electron chi connectivity index (χ0n) is 12.9. The van der Waals surface area contributed by atoms with Gasteiger partial charge >= 0.3 is 0 Å². The molecule has 2 fully saturated rings. The maximum Gasteiger partial charge on any atom is 0.0577 e. The summed E-state index contributed by atoms with van der Waals surface area (Å²) in [6, 6.07) is 0. The average Bonchev–Trinajstić information content (AvgIpc) is 2.81. The second-order valence-corrected chi connectivity index (χ2v) is 8.34. The molecule has 1 nitrogen and oxygen atoms in total. The Bertz CT molecular complexity index is 476. The van der Waals surface area contributed by atoms with Crippen molar-refractivity contribution in [1.82, 2.24) is 0 Å². The second-order valence-electron chi connectivity index (χ2n) is 8.34. The Morgan fingerprint density at radius 3 is 2.80 bits per heavy atom.